The van der Waals surface area contributed by atoms with E-state index in [1.54, 1.807) is 6.07 Å². The average molecular weight is 390 g/mol. The predicted molar refractivity (Wildman–Crippen MR) is 101 cm³/mol. The van der Waals surface area contributed by atoms with Crippen molar-refractivity contribution in [1.29, 1.82) is 0 Å². The second kappa shape index (κ2) is 8.08. The molecule has 1 aromatic carbocycles. The van der Waals surface area contributed by atoms with Crippen molar-refractivity contribution in [2.75, 3.05) is 31.1 Å². The van der Waals surface area contributed by atoms with Gasteiger partial charge in [0.05, 0.1) is 0 Å². The Kier molecular flexibility index (Phi) is 5.76. The Morgan fingerprint density at radius 1 is 1.07 bits per heavy atom. The van der Waals surface area contributed by atoms with Crippen molar-refractivity contribution < 1.29 is 18.3 Å². The molecule has 1 amide bonds. The lowest BCUT2D eigenvalue weighted by Crippen LogP contribution is -2.49. The van der Waals surface area contributed by atoms with Crippen LogP contribution >= 0.6 is 0 Å². The van der Waals surface area contributed by atoms with E-state index in [9.17, 15) is 13.6 Å². The number of ether oxygens (including phenoxy) is 1. The minimum absolute atomic E-state index is 0.0348. The van der Waals surface area contributed by atoms with Gasteiger partial charge in [-0.1, -0.05) is 20.8 Å². The first-order chi connectivity index (χ1) is 13.2. The Hall–Kier alpha value is -2.77. The fourth-order valence-corrected chi connectivity index (χ4v) is 2.97. The van der Waals surface area contributed by atoms with Crippen LogP contribution in [0.15, 0.2) is 30.6 Å². The zero-order valence-corrected chi connectivity index (χ0v) is 16.3. The van der Waals surface area contributed by atoms with E-state index < -0.39 is 11.6 Å². The first-order valence-corrected chi connectivity index (χ1v) is 9.19. The van der Waals surface area contributed by atoms with Crippen LogP contribution in [0.25, 0.3) is 0 Å². The molecule has 28 heavy (non-hydrogen) atoms. The SMILES string of the molecule is CC(C)(C)CC(=O)N1CCN(c2cc(Oc3ccc(F)c(F)c3)ncn2)CC1. The summed E-state index contributed by atoms with van der Waals surface area (Å²) in [6.07, 6.45) is 1.88. The number of halogens is 2. The zero-order chi connectivity index (χ0) is 20.3. The van der Waals surface area contributed by atoms with Crippen LogP contribution in [-0.4, -0.2) is 47.0 Å². The molecular formula is C20H24F2N4O2. The number of carbonyl (C=O) groups is 1. The lowest BCUT2D eigenvalue weighted by atomic mass is 9.91. The molecule has 0 saturated carbocycles. The molecular weight excluding hydrogens is 366 g/mol. The fourth-order valence-electron chi connectivity index (χ4n) is 2.97. The molecule has 1 saturated heterocycles. The highest BCUT2D eigenvalue weighted by Crippen LogP contribution is 2.25. The Morgan fingerprint density at radius 3 is 2.43 bits per heavy atom. The second-order valence-corrected chi connectivity index (χ2v) is 8.00. The molecule has 8 heteroatoms. The molecule has 6 nitrogen and oxygen atoms in total. The molecule has 0 bridgehead atoms. The highest BCUT2D eigenvalue weighted by Gasteiger charge is 2.25. The van der Waals surface area contributed by atoms with Crippen LogP contribution in [0, 0.1) is 17.0 Å². The number of piperazine rings is 1. The molecule has 1 aromatic heterocycles. The van der Waals surface area contributed by atoms with Gasteiger partial charge >= 0.3 is 0 Å². The molecule has 150 valence electrons. The summed E-state index contributed by atoms with van der Waals surface area (Å²) >= 11 is 0. The lowest BCUT2D eigenvalue weighted by molar-refractivity contribution is -0.133. The molecule has 1 aliphatic rings. The maximum absolute atomic E-state index is 13.3. The van der Waals surface area contributed by atoms with Crippen molar-refractivity contribution in [1.82, 2.24) is 14.9 Å². The molecule has 0 radical (unpaired) electrons. The van der Waals surface area contributed by atoms with E-state index in [0.717, 1.165) is 12.1 Å². The number of carbonyl (C=O) groups excluding carboxylic acids is 1. The average Bonchev–Trinajstić information content (AvgIpc) is 2.64. The summed E-state index contributed by atoms with van der Waals surface area (Å²) in [5.41, 5.74) is -0.0348. The monoisotopic (exact) mass is 390 g/mol. The Morgan fingerprint density at radius 2 is 1.79 bits per heavy atom. The van der Waals surface area contributed by atoms with Gasteiger partial charge < -0.3 is 14.5 Å². The van der Waals surface area contributed by atoms with Gasteiger partial charge in [-0.15, -0.1) is 0 Å². The van der Waals surface area contributed by atoms with Crippen LogP contribution in [-0.2, 0) is 4.79 Å². The van der Waals surface area contributed by atoms with Crippen molar-refractivity contribution in [3.63, 3.8) is 0 Å². The van der Waals surface area contributed by atoms with E-state index in [1.807, 2.05) is 9.80 Å². The Labute approximate surface area is 163 Å². The molecule has 1 fully saturated rings. The van der Waals surface area contributed by atoms with Gasteiger partial charge in [0.1, 0.15) is 17.9 Å². The summed E-state index contributed by atoms with van der Waals surface area (Å²) in [5.74, 6) is -0.700. The molecule has 0 atom stereocenters. The minimum atomic E-state index is -0.983. The quantitative estimate of drug-likeness (QED) is 0.798. The standard InChI is InChI=1S/C20H24F2N4O2/c1-20(2,3)12-19(27)26-8-6-25(7-9-26)17-11-18(24-13-23-17)28-14-4-5-15(21)16(22)10-14/h4-5,10-11,13H,6-9,12H2,1-3H3. The summed E-state index contributed by atoms with van der Waals surface area (Å²) in [7, 11) is 0. The van der Waals surface area contributed by atoms with Crippen molar-refractivity contribution in [3.05, 3.63) is 42.2 Å². The van der Waals surface area contributed by atoms with Gasteiger partial charge in [-0.05, 0) is 17.5 Å². The van der Waals surface area contributed by atoms with Crippen molar-refractivity contribution in [2.45, 2.75) is 27.2 Å². The summed E-state index contributed by atoms with van der Waals surface area (Å²) in [4.78, 5) is 24.6. The first-order valence-electron chi connectivity index (χ1n) is 9.19. The van der Waals surface area contributed by atoms with Crippen molar-refractivity contribution in [3.8, 4) is 11.6 Å². The van der Waals surface area contributed by atoms with Gasteiger partial charge in [-0.25, -0.2) is 18.7 Å². The van der Waals surface area contributed by atoms with E-state index in [2.05, 4.69) is 30.7 Å². The summed E-state index contributed by atoms with van der Waals surface area (Å²) < 4.78 is 31.9. The largest absolute Gasteiger partial charge is 0.439 e. The molecule has 2 heterocycles. The van der Waals surface area contributed by atoms with Gasteiger partial charge in [0.15, 0.2) is 11.6 Å². The van der Waals surface area contributed by atoms with E-state index in [4.69, 9.17) is 4.74 Å². The molecule has 0 N–H and O–H groups in total. The smallest absolute Gasteiger partial charge is 0.224 e. The molecule has 0 unspecified atom stereocenters. The highest BCUT2D eigenvalue weighted by atomic mass is 19.2. The summed E-state index contributed by atoms with van der Waals surface area (Å²) in [6.45, 7) is 8.70. The Bertz CT molecular complexity index is 846. The molecule has 0 spiro atoms. The van der Waals surface area contributed by atoms with E-state index in [0.29, 0.717) is 38.4 Å². The third kappa shape index (κ3) is 5.15. The third-order valence-corrected chi connectivity index (χ3v) is 4.38. The van der Waals surface area contributed by atoms with Crippen LogP contribution in [0.5, 0.6) is 11.6 Å². The maximum atomic E-state index is 13.3. The van der Waals surface area contributed by atoms with Gasteiger partial charge in [-0.2, -0.15) is 0 Å². The lowest BCUT2D eigenvalue weighted by Gasteiger charge is -2.36. The van der Waals surface area contributed by atoms with Crippen LogP contribution in [0.3, 0.4) is 0 Å². The van der Waals surface area contributed by atoms with Gasteiger partial charge in [0.25, 0.3) is 0 Å². The highest BCUT2D eigenvalue weighted by molar-refractivity contribution is 5.77. The molecule has 1 aliphatic heterocycles. The predicted octanol–water partition coefficient (Wildman–Crippen LogP) is 3.63. The van der Waals surface area contributed by atoms with Crippen molar-refractivity contribution >= 4 is 11.7 Å². The number of benzene rings is 1. The van der Waals surface area contributed by atoms with Crippen LogP contribution in [0.1, 0.15) is 27.2 Å². The number of rotatable bonds is 4. The van der Waals surface area contributed by atoms with Gasteiger partial charge in [0.2, 0.25) is 11.8 Å². The number of amides is 1. The van der Waals surface area contributed by atoms with Crippen LogP contribution in [0.2, 0.25) is 0 Å². The topological polar surface area (TPSA) is 58.6 Å². The van der Waals surface area contributed by atoms with Gasteiger partial charge in [-0.3, -0.25) is 4.79 Å². The second-order valence-electron chi connectivity index (χ2n) is 8.00. The first kappa shape index (κ1) is 20.0. The molecule has 3 rings (SSSR count). The van der Waals surface area contributed by atoms with E-state index in [1.165, 1.54) is 12.4 Å². The van der Waals surface area contributed by atoms with Crippen LogP contribution < -0.4 is 9.64 Å². The number of aromatic nitrogens is 2. The molecule has 0 aliphatic carbocycles. The number of hydrogen-bond acceptors (Lipinski definition) is 5. The third-order valence-electron chi connectivity index (χ3n) is 4.38. The summed E-state index contributed by atoms with van der Waals surface area (Å²) in [5, 5.41) is 0. The fraction of sp³-hybridized carbons (Fsp3) is 0.450. The number of hydrogen-bond donors (Lipinski definition) is 0. The number of nitrogens with zero attached hydrogens (tertiary/aromatic N) is 4. The minimum Gasteiger partial charge on any atom is -0.439 e. The van der Waals surface area contributed by atoms with Crippen molar-refractivity contribution in [2.24, 2.45) is 5.41 Å². The summed E-state index contributed by atoms with van der Waals surface area (Å²) in [6, 6.07) is 4.95. The normalized spacial score (nSPS) is 14.9. The van der Waals surface area contributed by atoms with Crippen LogP contribution in [0.4, 0.5) is 14.6 Å². The zero-order valence-electron chi connectivity index (χ0n) is 16.3. The maximum Gasteiger partial charge on any atom is 0.224 e. The van der Waals surface area contributed by atoms with E-state index >= 15 is 0 Å². The Balaban J connectivity index is 1.62. The van der Waals surface area contributed by atoms with Gasteiger partial charge in [0, 0.05) is 44.7 Å². The van der Waals surface area contributed by atoms with E-state index in [-0.39, 0.29) is 23.0 Å². The molecule has 2 aromatic rings. The number of anilines is 1.